The second-order valence-corrected chi connectivity index (χ2v) is 8.93. The van der Waals surface area contributed by atoms with Crippen LogP contribution in [0.2, 0.25) is 0 Å². The fourth-order valence-electron chi connectivity index (χ4n) is 3.74. The first-order valence-electron chi connectivity index (χ1n) is 10.3. The van der Waals surface area contributed by atoms with E-state index in [9.17, 15) is 53.5 Å². The van der Waals surface area contributed by atoms with Gasteiger partial charge in [0.05, 0.1) is 6.61 Å². The predicted octanol–water partition coefficient (Wildman–Crippen LogP) is -4.05. The minimum Gasteiger partial charge on any atom is -0.726 e. The van der Waals surface area contributed by atoms with E-state index in [-0.39, 0.29) is 40.7 Å². The number of hydrogen-bond donors (Lipinski definition) is 7. The average molecular weight is 566 g/mol. The van der Waals surface area contributed by atoms with Crippen LogP contribution in [0.15, 0.2) is 39.5 Å². The van der Waals surface area contributed by atoms with Gasteiger partial charge in [-0.15, -0.1) is 0 Å². The molecule has 2 aromatic carbocycles. The smallest absolute Gasteiger partial charge is 0.726 e. The van der Waals surface area contributed by atoms with Gasteiger partial charge in [-0.3, -0.25) is 8.98 Å². The number of benzene rings is 2. The quantitative estimate of drug-likeness (QED) is 0.0648. The third-order valence-electron chi connectivity index (χ3n) is 5.44. The zero-order valence-corrected chi connectivity index (χ0v) is 22.1. The number of hydrogen-bond acceptors (Lipinski definition) is 15. The van der Waals surface area contributed by atoms with Crippen LogP contribution < -0.4 is 39.7 Å². The van der Waals surface area contributed by atoms with Crippen molar-refractivity contribution in [2.75, 3.05) is 6.61 Å². The summed E-state index contributed by atoms with van der Waals surface area (Å²) in [6.45, 7) is -0.917. The molecule has 5 atom stereocenters. The van der Waals surface area contributed by atoms with Crippen LogP contribution in [0.25, 0.3) is 22.3 Å². The van der Waals surface area contributed by atoms with Crippen molar-refractivity contribution in [2.45, 2.75) is 30.7 Å². The molecule has 0 amide bonds. The van der Waals surface area contributed by atoms with Crippen molar-refractivity contribution in [3.63, 3.8) is 0 Å². The van der Waals surface area contributed by atoms with Crippen molar-refractivity contribution in [1.29, 1.82) is 0 Å². The van der Waals surface area contributed by atoms with Crippen molar-refractivity contribution in [2.24, 2.45) is 0 Å². The molecule has 1 aromatic heterocycles. The van der Waals surface area contributed by atoms with Gasteiger partial charge in [-0.2, -0.15) is 0 Å². The van der Waals surface area contributed by atoms with Gasteiger partial charge in [0.15, 0.2) is 23.4 Å². The first-order chi connectivity index (χ1) is 17.3. The molecular weight excluding hydrogens is 547 g/mol. The van der Waals surface area contributed by atoms with E-state index in [1.165, 1.54) is 6.07 Å². The number of aromatic hydroxyl groups is 4. The summed E-state index contributed by atoms with van der Waals surface area (Å²) in [7, 11) is -5.53. The number of aliphatic hydroxyl groups is 3. The number of phenolic OH excluding ortho intramolecular Hbond substituents is 4. The molecule has 3 aromatic rings. The van der Waals surface area contributed by atoms with Gasteiger partial charge in [0.25, 0.3) is 0 Å². The zero-order valence-electron chi connectivity index (χ0n) is 19.3. The van der Waals surface area contributed by atoms with Gasteiger partial charge in [-0.1, -0.05) is 0 Å². The van der Waals surface area contributed by atoms with Crippen LogP contribution in [0, 0.1) is 0 Å². The van der Waals surface area contributed by atoms with E-state index in [0.29, 0.717) is 0 Å². The molecule has 2 unspecified atom stereocenters. The van der Waals surface area contributed by atoms with Gasteiger partial charge in [-0.25, -0.2) is 8.42 Å². The van der Waals surface area contributed by atoms with Crippen LogP contribution in [0.1, 0.15) is 0 Å². The molecule has 200 valence electrons. The molecule has 1 aliphatic heterocycles. The van der Waals surface area contributed by atoms with E-state index in [2.05, 4.69) is 4.18 Å². The Labute approximate surface area is 234 Å². The van der Waals surface area contributed by atoms with Crippen LogP contribution in [-0.2, 0) is 19.3 Å². The molecule has 1 fully saturated rings. The van der Waals surface area contributed by atoms with E-state index in [1.54, 1.807) is 0 Å². The minimum absolute atomic E-state index is 0. The number of ether oxygens (including phenoxy) is 2. The normalized spacial score (nSPS) is 23.6. The molecule has 38 heavy (non-hydrogen) atoms. The van der Waals surface area contributed by atoms with Crippen LogP contribution >= 0.6 is 0 Å². The second kappa shape index (κ2) is 11.2. The van der Waals surface area contributed by atoms with E-state index in [1.807, 2.05) is 0 Å². The predicted molar refractivity (Wildman–Crippen MR) is 118 cm³/mol. The molecule has 0 saturated carbocycles. The third kappa shape index (κ3) is 5.84. The first-order valence-corrected chi connectivity index (χ1v) is 11.6. The topological polar surface area (TPSA) is 257 Å². The van der Waals surface area contributed by atoms with Gasteiger partial charge in [0.2, 0.25) is 27.9 Å². The van der Waals surface area contributed by atoms with Crippen molar-refractivity contribution in [1.82, 2.24) is 0 Å². The van der Waals surface area contributed by atoms with Crippen molar-refractivity contribution in [3.05, 3.63) is 40.6 Å². The average Bonchev–Trinajstić information content (AvgIpc) is 2.80. The molecule has 17 heteroatoms. The summed E-state index contributed by atoms with van der Waals surface area (Å²) in [5.41, 5.74) is -1.61. The number of aliphatic hydroxyl groups excluding tert-OH is 3. The standard InChI is InChI=1S/C21H20O15S.Na/c22-6-13-15(27)17(29)20(36-37(30,31)32)21(34-13)35-19-16(28)14-11(26)4-8(23)5-12(14)33-18(19)7-1-2-9(24)10(25)3-7;/h1-5,13,15,17,20-27,29H,6H2,(H,30,31,32);/q;+1/p-1/t13?,15-,17-,20?,21-;/m0./s1. The van der Waals surface area contributed by atoms with Crippen LogP contribution in [0.4, 0.5) is 0 Å². The Bertz CT molecular complexity index is 1500. The summed E-state index contributed by atoms with van der Waals surface area (Å²) in [5.74, 6) is -3.79. The van der Waals surface area contributed by atoms with E-state index < -0.39 is 93.0 Å². The van der Waals surface area contributed by atoms with Gasteiger partial charge < -0.3 is 54.2 Å². The Balaban J connectivity index is 0.00000400. The van der Waals surface area contributed by atoms with Gasteiger partial charge in [-0.05, 0) is 18.2 Å². The van der Waals surface area contributed by atoms with Crippen LogP contribution in [-0.4, -0.2) is 86.0 Å². The van der Waals surface area contributed by atoms with E-state index in [4.69, 9.17) is 13.9 Å². The summed E-state index contributed by atoms with van der Waals surface area (Å²) in [4.78, 5) is 13.4. The molecule has 2 heterocycles. The summed E-state index contributed by atoms with van der Waals surface area (Å²) >= 11 is 0. The van der Waals surface area contributed by atoms with Gasteiger partial charge in [0.1, 0.15) is 40.8 Å². The number of phenols is 4. The SMILES string of the molecule is O=c1c(O[C@@H]2OC(CO)[C@H](O)[C@H](O)C2OS(=O)(=O)[O-])c(-c2ccc(O)c(O)c2)oc2cc(O)cc(O)c12.[Na+]. The Morgan fingerprint density at radius 1 is 0.974 bits per heavy atom. The Morgan fingerprint density at radius 2 is 1.66 bits per heavy atom. The molecule has 0 radical (unpaired) electrons. The van der Waals surface area contributed by atoms with Crippen molar-refractivity contribution >= 4 is 21.4 Å². The van der Waals surface area contributed by atoms with Crippen LogP contribution in [0.5, 0.6) is 28.7 Å². The maximum atomic E-state index is 13.4. The molecule has 0 spiro atoms. The minimum atomic E-state index is -5.53. The third-order valence-corrected chi connectivity index (χ3v) is 5.90. The number of fused-ring (bicyclic) bond motifs is 1. The summed E-state index contributed by atoms with van der Waals surface area (Å²) < 4.78 is 54.4. The van der Waals surface area contributed by atoms with Crippen molar-refractivity contribution < 1.29 is 96.3 Å². The monoisotopic (exact) mass is 566 g/mol. The van der Waals surface area contributed by atoms with E-state index in [0.717, 1.165) is 24.3 Å². The second-order valence-electron chi connectivity index (χ2n) is 7.92. The van der Waals surface area contributed by atoms with Gasteiger partial charge >= 0.3 is 29.6 Å². The molecule has 0 bridgehead atoms. The molecule has 1 aliphatic rings. The molecule has 4 rings (SSSR count). The molecule has 15 nitrogen and oxygen atoms in total. The Kier molecular flexibility index (Phi) is 8.84. The van der Waals surface area contributed by atoms with Crippen molar-refractivity contribution in [3.8, 4) is 40.1 Å². The molecular formula is C21H19NaO15S. The first kappa shape index (κ1) is 29.9. The Morgan fingerprint density at radius 3 is 2.26 bits per heavy atom. The maximum absolute atomic E-state index is 13.4. The zero-order chi connectivity index (χ0) is 27.2. The number of rotatable bonds is 6. The van der Waals surface area contributed by atoms with Gasteiger partial charge in [0, 0.05) is 17.7 Å². The summed E-state index contributed by atoms with van der Waals surface area (Å²) in [5, 5.41) is 69.0. The molecule has 1 saturated heterocycles. The fourth-order valence-corrected chi connectivity index (χ4v) is 4.21. The largest absolute Gasteiger partial charge is 1.00 e. The summed E-state index contributed by atoms with van der Waals surface area (Å²) in [6, 6.07) is 4.92. The fraction of sp³-hybridized carbons (Fsp3) is 0.286. The molecule has 7 N–H and O–H groups in total. The molecule has 0 aliphatic carbocycles. The Hall–Kier alpha value is -2.64. The van der Waals surface area contributed by atoms with E-state index >= 15 is 0 Å². The van der Waals surface area contributed by atoms with Crippen LogP contribution in [0.3, 0.4) is 0 Å². The summed E-state index contributed by atoms with van der Waals surface area (Å²) in [6.07, 6.45) is -10.1. The maximum Gasteiger partial charge on any atom is 1.00 e.